The first-order valence-corrected chi connectivity index (χ1v) is 10.0. The lowest BCUT2D eigenvalue weighted by molar-refractivity contribution is 0.279. The molecule has 1 aliphatic rings. The van der Waals surface area contributed by atoms with Crippen LogP contribution in [0, 0.1) is 11.6 Å². The number of aryl methyl sites for hydroxylation is 1. The fourth-order valence-electron chi connectivity index (χ4n) is 2.90. The van der Waals surface area contributed by atoms with Gasteiger partial charge in [0.2, 0.25) is 0 Å². The lowest BCUT2D eigenvalue weighted by Gasteiger charge is -2.25. The number of benzene rings is 1. The monoisotopic (exact) mass is 403 g/mol. The van der Waals surface area contributed by atoms with E-state index in [0.29, 0.717) is 29.5 Å². The third-order valence-electron chi connectivity index (χ3n) is 4.59. The summed E-state index contributed by atoms with van der Waals surface area (Å²) in [7, 11) is 0. The molecular weight excluding hydrogens is 384 g/mol. The molecule has 1 fully saturated rings. The molecule has 6 nitrogen and oxygen atoms in total. The third kappa shape index (κ3) is 4.30. The van der Waals surface area contributed by atoms with Gasteiger partial charge in [-0.25, -0.2) is 13.8 Å². The van der Waals surface area contributed by atoms with E-state index in [-0.39, 0.29) is 12.4 Å². The van der Waals surface area contributed by atoms with E-state index in [1.165, 1.54) is 18.6 Å². The molecule has 3 aromatic rings. The summed E-state index contributed by atoms with van der Waals surface area (Å²) < 4.78 is 34.4. The van der Waals surface area contributed by atoms with Crippen LogP contribution in [0.15, 0.2) is 35.5 Å². The van der Waals surface area contributed by atoms with E-state index in [9.17, 15) is 8.78 Å². The Balaban J connectivity index is 1.46. The van der Waals surface area contributed by atoms with Gasteiger partial charge in [-0.05, 0) is 43.0 Å². The Labute approximate surface area is 165 Å². The predicted molar refractivity (Wildman–Crippen MR) is 101 cm³/mol. The van der Waals surface area contributed by atoms with Crippen molar-refractivity contribution in [3.05, 3.63) is 47.9 Å². The average Bonchev–Trinajstić information content (AvgIpc) is 3.17. The fourth-order valence-corrected chi connectivity index (χ4v) is 4.22. The molecule has 1 aromatic carbocycles. The SMILES string of the molecule is Fc1cc(-c2cccnc2SC2CCC2)cc(F)c1OCCCc1nn[nH]n1. The highest BCUT2D eigenvalue weighted by atomic mass is 32.2. The van der Waals surface area contributed by atoms with Gasteiger partial charge in [-0.2, -0.15) is 5.21 Å². The number of aromatic nitrogens is 5. The molecule has 4 rings (SSSR count). The number of thioether (sulfide) groups is 1. The molecule has 0 bridgehead atoms. The third-order valence-corrected chi connectivity index (χ3v) is 5.94. The molecule has 0 unspecified atom stereocenters. The van der Waals surface area contributed by atoms with Gasteiger partial charge in [0.25, 0.3) is 0 Å². The second-order valence-corrected chi connectivity index (χ2v) is 7.87. The number of aromatic amines is 1. The quantitative estimate of drug-likeness (QED) is 0.568. The molecule has 1 N–H and O–H groups in total. The van der Waals surface area contributed by atoms with Crippen molar-refractivity contribution >= 4 is 11.8 Å². The number of pyridine rings is 1. The van der Waals surface area contributed by atoms with Crippen LogP contribution in [0.5, 0.6) is 5.75 Å². The normalized spacial score (nSPS) is 14.1. The highest BCUT2D eigenvalue weighted by Gasteiger charge is 2.22. The minimum Gasteiger partial charge on any atom is -0.488 e. The molecule has 1 saturated carbocycles. The fraction of sp³-hybridized carbons (Fsp3) is 0.368. The first kappa shape index (κ1) is 18.8. The van der Waals surface area contributed by atoms with Crippen molar-refractivity contribution in [1.82, 2.24) is 25.6 Å². The summed E-state index contributed by atoms with van der Waals surface area (Å²) in [6, 6.07) is 6.23. The van der Waals surface area contributed by atoms with Crippen LogP contribution < -0.4 is 4.74 Å². The summed E-state index contributed by atoms with van der Waals surface area (Å²) in [5.74, 6) is -1.28. The van der Waals surface area contributed by atoms with Crippen molar-refractivity contribution < 1.29 is 13.5 Å². The number of halogens is 2. The number of rotatable bonds is 8. The van der Waals surface area contributed by atoms with Gasteiger partial charge in [0.15, 0.2) is 23.2 Å². The Morgan fingerprint density at radius 2 is 2.04 bits per heavy atom. The van der Waals surface area contributed by atoms with Gasteiger partial charge in [0.05, 0.1) is 6.61 Å². The van der Waals surface area contributed by atoms with Crippen LogP contribution in [0.2, 0.25) is 0 Å². The molecule has 0 aliphatic heterocycles. The minimum absolute atomic E-state index is 0.150. The molecule has 0 atom stereocenters. The molecule has 28 heavy (non-hydrogen) atoms. The van der Waals surface area contributed by atoms with E-state index in [2.05, 4.69) is 25.6 Å². The molecule has 0 radical (unpaired) electrons. The Bertz CT molecular complexity index is 911. The second kappa shape index (κ2) is 8.64. The first-order valence-electron chi connectivity index (χ1n) is 9.17. The Morgan fingerprint density at radius 1 is 1.21 bits per heavy atom. The molecule has 0 spiro atoms. The number of H-pyrrole nitrogens is 1. The average molecular weight is 403 g/mol. The van der Waals surface area contributed by atoms with E-state index in [1.807, 2.05) is 6.07 Å². The Hall–Kier alpha value is -2.55. The molecule has 146 valence electrons. The van der Waals surface area contributed by atoms with Crippen LogP contribution in [0.25, 0.3) is 11.1 Å². The number of hydrogen-bond donors (Lipinski definition) is 1. The number of ether oxygens (including phenoxy) is 1. The van der Waals surface area contributed by atoms with E-state index in [4.69, 9.17) is 4.74 Å². The van der Waals surface area contributed by atoms with Crippen molar-refractivity contribution in [2.45, 2.75) is 42.4 Å². The summed E-state index contributed by atoms with van der Waals surface area (Å²) in [5.41, 5.74) is 1.20. The van der Waals surface area contributed by atoms with Crippen molar-refractivity contribution in [1.29, 1.82) is 0 Å². The molecule has 2 heterocycles. The van der Waals surface area contributed by atoms with Gasteiger partial charge >= 0.3 is 0 Å². The zero-order valence-corrected chi connectivity index (χ0v) is 15.9. The zero-order chi connectivity index (χ0) is 19.3. The smallest absolute Gasteiger partial charge is 0.190 e. The first-order chi connectivity index (χ1) is 13.7. The van der Waals surface area contributed by atoms with Crippen LogP contribution in [0.4, 0.5) is 8.78 Å². The van der Waals surface area contributed by atoms with E-state index < -0.39 is 11.6 Å². The lowest BCUT2D eigenvalue weighted by atomic mass is 10.00. The molecule has 0 saturated heterocycles. The van der Waals surface area contributed by atoms with Gasteiger partial charge in [-0.1, -0.05) is 17.7 Å². The molecule has 9 heteroatoms. The summed E-state index contributed by atoms with van der Waals surface area (Å²) in [5, 5.41) is 14.8. The van der Waals surface area contributed by atoms with Crippen molar-refractivity contribution in [2.24, 2.45) is 0 Å². The van der Waals surface area contributed by atoms with E-state index >= 15 is 0 Å². The van der Waals surface area contributed by atoms with Crippen LogP contribution in [0.1, 0.15) is 31.5 Å². The second-order valence-electron chi connectivity index (χ2n) is 6.58. The lowest BCUT2D eigenvalue weighted by Crippen LogP contribution is -2.13. The summed E-state index contributed by atoms with van der Waals surface area (Å²) >= 11 is 1.68. The van der Waals surface area contributed by atoms with Gasteiger partial charge < -0.3 is 4.74 Å². The number of nitrogens with zero attached hydrogens (tertiary/aromatic N) is 4. The molecule has 2 aromatic heterocycles. The number of nitrogens with one attached hydrogen (secondary N) is 1. The van der Waals surface area contributed by atoms with Gasteiger partial charge in [0.1, 0.15) is 5.03 Å². The van der Waals surface area contributed by atoms with Crippen LogP contribution in [-0.2, 0) is 6.42 Å². The maximum absolute atomic E-state index is 14.5. The standard InChI is InChI=1S/C19H19F2N5OS/c20-15-10-12(14-6-2-8-22-19(14)28-13-4-1-5-13)11-16(21)18(15)27-9-3-7-17-23-25-26-24-17/h2,6,8,10-11,13H,1,3-5,7,9H2,(H,23,24,25,26). The van der Waals surface area contributed by atoms with E-state index in [0.717, 1.165) is 23.4 Å². The van der Waals surface area contributed by atoms with E-state index in [1.54, 1.807) is 24.0 Å². The minimum atomic E-state index is -0.724. The zero-order valence-electron chi connectivity index (χ0n) is 15.1. The van der Waals surface area contributed by atoms with Gasteiger partial charge in [-0.3, -0.25) is 0 Å². The largest absolute Gasteiger partial charge is 0.488 e. The summed E-state index contributed by atoms with van der Waals surface area (Å²) in [4.78, 5) is 4.41. The molecular formula is C19H19F2N5OS. The van der Waals surface area contributed by atoms with Gasteiger partial charge in [0, 0.05) is 23.4 Å². The van der Waals surface area contributed by atoms with Gasteiger partial charge in [-0.15, -0.1) is 22.0 Å². The highest BCUT2D eigenvalue weighted by molar-refractivity contribution is 8.00. The van der Waals surface area contributed by atoms with Crippen molar-refractivity contribution in [3.63, 3.8) is 0 Å². The van der Waals surface area contributed by atoms with Crippen LogP contribution in [-0.4, -0.2) is 37.5 Å². The predicted octanol–water partition coefficient (Wildman–Crippen LogP) is 4.20. The van der Waals surface area contributed by atoms with Crippen molar-refractivity contribution in [2.75, 3.05) is 6.61 Å². The van der Waals surface area contributed by atoms with Crippen LogP contribution >= 0.6 is 11.8 Å². The van der Waals surface area contributed by atoms with Crippen LogP contribution in [0.3, 0.4) is 0 Å². The maximum Gasteiger partial charge on any atom is 0.190 e. The number of tetrazole rings is 1. The topological polar surface area (TPSA) is 76.6 Å². The summed E-state index contributed by atoms with van der Waals surface area (Å²) in [6.45, 7) is 0.150. The summed E-state index contributed by atoms with van der Waals surface area (Å²) in [6.07, 6.45) is 6.26. The Kier molecular flexibility index (Phi) is 5.80. The number of hydrogen-bond acceptors (Lipinski definition) is 6. The maximum atomic E-state index is 14.5. The molecule has 1 aliphatic carbocycles. The molecule has 0 amide bonds. The van der Waals surface area contributed by atoms with Crippen molar-refractivity contribution in [3.8, 4) is 16.9 Å². The highest BCUT2D eigenvalue weighted by Crippen LogP contribution is 2.40. The Morgan fingerprint density at radius 3 is 2.71 bits per heavy atom.